The Kier molecular flexibility index (Phi) is 4.26. The summed E-state index contributed by atoms with van der Waals surface area (Å²) < 4.78 is 5.14. The van der Waals surface area contributed by atoms with Crippen molar-refractivity contribution >= 4 is 25.2 Å². The van der Waals surface area contributed by atoms with E-state index in [9.17, 15) is 0 Å². The molecule has 0 aromatic carbocycles. The largest absolute Gasteiger partial charge is 0.317 e. The minimum atomic E-state index is -0.0952. The Balaban J connectivity index is 1.94. The van der Waals surface area contributed by atoms with Crippen LogP contribution < -0.4 is 5.32 Å². The molecule has 1 saturated heterocycles. The second-order valence-electron chi connectivity index (χ2n) is 4.02. The van der Waals surface area contributed by atoms with Crippen molar-refractivity contribution in [3.05, 3.63) is 27.6 Å². The average Bonchev–Trinajstić information content (AvgIpc) is 2.31. The average molecular weight is 316 g/mol. The summed E-state index contributed by atoms with van der Waals surface area (Å²) in [5.74, 6) is 0.855. The highest BCUT2D eigenvalue weighted by Crippen LogP contribution is 2.18. The van der Waals surface area contributed by atoms with E-state index >= 15 is 0 Å². The molecule has 0 amide bonds. The summed E-state index contributed by atoms with van der Waals surface area (Å²) in [5, 5.41) is 3.40. The van der Waals surface area contributed by atoms with Crippen LogP contribution in [0, 0.1) is 9.62 Å². The lowest BCUT2D eigenvalue weighted by molar-refractivity contribution is 0.372. The van der Waals surface area contributed by atoms with Gasteiger partial charge in [-0.05, 0) is 49.9 Å². The van der Waals surface area contributed by atoms with Gasteiger partial charge in [0.05, 0.1) is 3.70 Å². The molecule has 0 spiro atoms. The van der Waals surface area contributed by atoms with Crippen LogP contribution in [0.5, 0.6) is 0 Å². The maximum atomic E-state index is 4.43. The molecule has 82 valence electrons. The Morgan fingerprint density at radius 3 is 2.80 bits per heavy atom. The summed E-state index contributed by atoms with van der Waals surface area (Å²) in [4.78, 5) is 4.43. The van der Waals surface area contributed by atoms with E-state index in [-0.39, 0.29) is 20.7 Å². The number of nitrogens with zero attached hydrogens (tertiary/aromatic N) is 1. The number of nitrogens with one attached hydrogen (secondary N) is 1. The zero-order valence-electron chi connectivity index (χ0n) is 8.88. The monoisotopic (exact) mass is 316 g/mol. The van der Waals surface area contributed by atoms with Gasteiger partial charge in [0.2, 0.25) is 0 Å². The predicted octanol–water partition coefficient (Wildman–Crippen LogP) is 2.20. The van der Waals surface area contributed by atoms with Crippen molar-refractivity contribution in [1.82, 2.24) is 10.3 Å². The molecular weight excluding hydrogens is 299 g/mol. The van der Waals surface area contributed by atoms with Gasteiger partial charge in [-0.15, -0.1) is 0 Å². The van der Waals surface area contributed by atoms with E-state index in [4.69, 9.17) is 0 Å². The third-order valence-electron chi connectivity index (χ3n) is 2.91. The van der Waals surface area contributed by atoms with Crippen LogP contribution in [0.25, 0.3) is 0 Å². The second-order valence-corrected chi connectivity index (χ2v) is 5.89. The van der Waals surface area contributed by atoms with Gasteiger partial charge in [-0.1, -0.05) is 31.3 Å². The summed E-state index contributed by atoms with van der Waals surface area (Å²) in [6.07, 6.45) is 5.86. The maximum absolute atomic E-state index is 4.43. The Hall–Kier alpha value is -0.290. The topological polar surface area (TPSA) is 24.9 Å². The minimum absolute atomic E-state index is 0.0952. The highest BCUT2D eigenvalue weighted by Gasteiger charge is 2.13. The summed E-state index contributed by atoms with van der Waals surface area (Å²) in [5.41, 5.74) is 1.39. The first kappa shape index (κ1) is 11.2. The Bertz CT molecular complexity index is 315. The first-order chi connectivity index (χ1) is 7.38. The van der Waals surface area contributed by atoms with E-state index in [1.807, 2.05) is 6.20 Å². The Morgan fingerprint density at radius 1 is 1.40 bits per heavy atom. The molecule has 2 heterocycles. The number of aromatic nitrogens is 1. The van der Waals surface area contributed by atoms with Crippen molar-refractivity contribution in [2.75, 3.05) is 13.1 Å². The third kappa shape index (κ3) is 3.34. The quantitative estimate of drug-likeness (QED) is 0.683. The molecule has 0 radical (unpaired) electrons. The van der Waals surface area contributed by atoms with Crippen LogP contribution in [-0.2, 0) is 6.42 Å². The van der Waals surface area contributed by atoms with Crippen LogP contribution in [0.15, 0.2) is 18.3 Å². The van der Waals surface area contributed by atoms with Crippen molar-refractivity contribution < 1.29 is 0 Å². The maximum Gasteiger partial charge on any atom is 0.0948 e. The molecule has 1 fully saturated rings. The van der Waals surface area contributed by atoms with Gasteiger partial charge in [0.15, 0.2) is 0 Å². The first-order valence-electron chi connectivity index (χ1n) is 5.42. The molecule has 0 atom stereocenters. The summed E-state index contributed by atoms with van der Waals surface area (Å²) in [6, 6.07) is 4.38. The van der Waals surface area contributed by atoms with Gasteiger partial charge in [-0.25, -0.2) is 0 Å². The molecule has 2 rings (SSSR count). The highest BCUT2D eigenvalue weighted by molar-refractivity contribution is 14.2. The van der Waals surface area contributed by atoms with Gasteiger partial charge >= 0.3 is 0 Å². The normalized spacial score (nSPS) is 17.9. The fourth-order valence-electron chi connectivity index (χ4n) is 2.03. The van der Waals surface area contributed by atoms with E-state index < -0.39 is 0 Å². The molecule has 1 aromatic heterocycles. The molecule has 1 aromatic rings. The molecule has 15 heavy (non-hydrogen) atoms. The SMILES string of the molecule is C=Ic1ccc(CC2CCNCC2)cn1. The van der Waals surface area contributed by atoms with Crippen LogP contribution in [0.3, 0.4) is 0 Å². The van der Waals surface area contributed by atoms with Gasteiger partial charge in [-0.2, -0.15) is 0 Å². The van der Waals surface area contributed by atoms with Crippen molar-refractivity contribution in [2.24, 2.45) is 5.92 Å². The van der Waals surface area contributed by atoms with Crippen molar-refractivity contribution in [2.45, 2.75) is 19.3 Å². The van der Waals surface area contributed by atoms with E-state index in [0.29, 0.717) is 0 Å². The zero-order valence-corrected chi connectivity index (χ0v) is 11.0. The third-order valence-corrected chi connectivity index (χ3v) is 4.33. The van der Waals surface area contributed by atoms with Crippen LogP contribution in [0.4, 0.5) is 0 Å². The molecular formula is C12H17IN2. The lowest BCUT2D eigenvalue weighted by atomic mass is 9.92. The van der Waals surface area contributed by atoms with Crippen LogP contribution >= 0.6 is 20.7 Å². The Morgan fingerprint density at radius 2 is 2.20 bits per heavy atom. The molecule has 0 unspecified atom stereocenters. The number of hydrogen-bond acceptors (Lipinski definition) is 2. The molecule has 3 heteroatoms. The van der Waals surface area contributed by atoms with Crippen LogP contribution in [0.2, 0.25) is 0 Å². The van der Waals surface area contributed by atoms with E-state index in [2.05, 4.69) is 26.9 Å². The van der Waals surface area contributed by atoms with Crippen molar-refractivity contribution in [3.8, 4) is 0 Å². The molecule has 0 bridgehead atoms. The van der Waals surface area contributed by atoms with Gasteiger partial charge in [0.1, 0.15) is 0 Å². The van der Waals surface area contributed by atoms with Crippen molar-refractivity contribution in [1.29, 1.82) is 0 Å². The van der Waals surface area contributed by atoms with Crippen LogP contribution in [-0.4, -0.2) is 22.6 Å². The number of hydrogen-bond donors (Lipinski definition) is 1. The number of piperidine rings is 1. The van der Waals surface area contributed by atoms with Crippen molar-refractivity contribution in [3.63, 3.8) is 0 Å². The number of halogens is 1. The van der Waals surface area contributed by atoms with Gasteiger partial charge in [0, 0.05) is 6.20 Å². The van der Waals surface area contributed by atoms with E-state index in [0.717, 1.165) is 5.92 Å². The highest BCUT2D eigenvalue weighted by atomic mass is 127. The lowest BCUT2D eigenvalue weighted by Gasteiger charge is -2.22. The van der Waals surface area contributed by atoms with Gasteiger partial charge in [0.25, 0.3) is 0 Å². The molecule has 1 aliphatic heterocycles. The smallest absolute Gasteiger partial charge is 0.0948 e. The molecule has 0 aliphatic carbocycles. The van der Waals surface area contributed by atoms with Crippen LogP contribution in [0.1, 0.15) is 18.4 Å². The lowest BCUT2D eigenvalue weighted by Crippen LogP contribution is -2.28. The van der Waals surface area contributed by atoms with Gasteiger partial charge in [-0.3, -0.25) is 4.98 Å². The molecule has 1 N–H and O–H groups in total. The molecule has 0 saturated carbocycles. The minimum Gasteiger partial charge on any atom is -0.317 e. The number of rotatable bonds is 3. The molecule has 2 nitrogen and oxygen atoms in total. The first-order valence-corrected chi connectivity index (χ1v) is 8.03. The number of pyridine rings is 1. The molecule has 1 aliphatic rings. The summed E-state index contributed by atoms with van der Waals surface area (Å²) in [7, 11) is 0. The summed E-state index contributed by atoms with van der Waals surface area (Å²) >= 11 is -0.0952. The summed E-state index contributed by atoms with van der Waals surface area (Å²) in [6.45, 7) is 2.36. The van der Waals surface area contributed by atoms with E-state index in [1.54, 1.807) is 0 Å². The fraction of sp³-hybridized carbons (Fsp3) is 0.500. The standard InChI is InChI=1S/C12H17IN2/c1-13-12-3-2-11(9-15-12)8-10-4-6-14-7-5-10/h2-3,9-10,14H,1,4-8H2. The fourth-order valence-corrected chi connectivity index (χ4v) is 2.80. The van der Waals surface area contributed by atoms with Gasteiger partial charge < -0.3 is 5.32 Å². The van der Waals surface area contributed by atoms with E-state index in [1.165, 1.54) is 41.6 Å². The zero-order chi connectivity index (χ0) is 10.5. The Labute approximate surface area is 101 Å². The second kappa shape index (κ2) is 5.70. The predicted molar refractivity (Wildman–Crippen MR) is 73.4 cm³/mol.